The number of allylic oxidation sites excluding steroid dienone is 1. The highest BCUT2D eigenvalue weighted by molar-refractivity contribution is 5.98. The van der Waals surface area contributed by atoms with Crippen LogP contribution in [0.25, 0.3) is 0 Å². The molecule has 1 heterocycles. The van der Waals surface area contributed by atoms with Gasteiger partial charge in [0.05, 0.1) is 12.2 Å². The van der Waals surface area contributed by atoms with Gasteiger partial charge in [-0.2, -0.15) is 13.2 Å². The fourth-order valence-electron chi connectivity index (χ4n) is 6.90. The van der Waals surface area contributed by atoms with Crippen LogP contribution in [0.4, 0.5) is 13.2 Å². The number of hydrogen-bond donors (Lipinski definition) is 1. The fraction of sp³-hybridized carbons (Fsp3) is 0.487. The molecule has 2 aromatic carbocycles. The number of hydrogen-bond acceptors (Lipinski definition) is 6. The van der Waals surface area contributed by atoms with Gasteiger partial charge in [0.1, 0.15) is 17.3 Å². The lowest BCUT2D eigenvalue weighted by atomic mass is 9.78. The lowest BCUT2D eigenvalue weighted by Gasteiger charge is -2.34. The summed E-state index contributed by atoms with van der Waals surface area (Å²) in [6, 6.07) is 15.1. The maximum Gasteiger partial charge on any atom is 0.422 e. The summed E-state index contributed by atoms with van der Waals surface area (Å²) in [6.07, 6.45) is 6.45. The predicted octanol–water partition coefficient (Wildman–Crippen LogP) is 8.17. The van der Waals surface area contributed by atoms with Crippen LogP contribution in [0.3, 0.4) is 0 Å². The molecule has 0 radical (unpaired) electrons. The van der Waals surface area contributed by atoms with Gasteiger partial charge in [0, 0.05) is 56.3 Å². The number of carbonyl (C=O) groups excluding carboxylic acids is 2. The van der Waals surface area contributed by atoms with E-state index in [4.69, 9.17) is 14.2 Å². The van der Waals surface area contributed by atoms with E-state index in [1.807, 2.05) is 74.7 Å². The fourth-order valence-corrected chi connectivity index (χ4v) is 6.90. The van der Waals surface area contributed by atoms with Crippen molar-refractivity contribution < 1.29 is 38.4 Å². The molecule has 1 amide bonds. The third-order valence-corrected chi connectivity index (χ3v) is 9.97. The molecule has 6 rings (SSSR count). The molecule has 2 unspecified atom stereocenters. The van der Waals surface area contributed by atoms with E-state index < -0.39 is 18.7 Å². The van der Waals surface area contributed by atoms with Gasteiger partial charge in [-0.3, -0.25) is 9.59 Å². The molecular formula is C39H47F3N2O5. The largest absolute Gasteiger partial charge is 0.483 e. The Morgan fingerprint density at radius 2 is 1.59 bits per heavy atom. The smallest absolute Gasteiger partial charge is 0.422 e. The van der Waals surface area contributed by atoms with Crippen LogP contribution in [-0.4, -0.2) is 61.7 Å². The van der Waals surface area contributed by atoms with Gasteiger partial charge in [-0.1, -0.05) is 23.8 Å². The standard InChI is InChI=1S/C39H45F3N2O5.H2/c1-25-3-13-31(14-4-25)49-32-15-11-30(12-16-32)36(45)29-9-7-27(8-10-29)21-44-22-35-33(26(44)2)17-18-34(37(35)48-24-39(40,41)42)38(46)43-19-20-47-23-28-5-6-28;/h3-4,11-18,22,26-29,33H,5-10,19-21,23-24H2,1-2H3,(H,43,46);1H. The molecular weight excluding hydrogens is 633 g/mol. The van der Waals surface area contributed by atoms with Gasteiger partial charge in [-0.05, 0) is 107 Å². The highest BCUT2D eigenvalue weighted by Crippen LogP contribution is 2.42. The molecule has 2 atom stereocenters. The number of benzene rings is 2. The number of fused-ring (bicyclic) bond motifs is 1. The highest BCUT2D eigenvalue weighted by Gasteiger charge is 2.40. The Bertz CT molecular complexity index is 1580. The number of rotatable bonds is 14. The summed E-state index contributed by atoms with van der Waals surface area (Å²) < 4.78 is 56.6. The van der Waals surface area contributed by atoms with Gasteiger partial charge < -0.3 is 24.4 Å². The van der Waals surface area contributed by atoms with Crippen LogP contribution >= 0.6 is 0 Å². The van der Waals surface area contributed by atoms with E-state index in [0.717, 1.165) is 49.8 Å². The third kappa shape index (κ3) is 9.15. The van der Waals surface area contributed by atoms with E-state index in [1.54, 1.807) is 6.08 Å². The van der Waals surface area contributed by atoms with Crippen LogP contribution in [0.1, 0.15) is 62.8 Å². The van der Waals surface area contributed by atoms with Crippen molar-refractivity contribution in [3.63, 3.8) is 0 Å². The Balaban J connectivity index is 0.00000486. The van der Waals surface area contributed by atoms with E-state index in [-0.39, 0.29) is 43.0 Å². The first kappa shape index (κ1) is 34.8. The Morgan fingerprint density at radius 1 is 0.939 bits per heavy atom. The molecule has 0 spiro atoms. The van der Waals surface area contributed by atoms with E-state index in [2.05, 4.69) is 10.2 Å². The average molecular weight is 681 g/mol. The number of ketones is 1. The molecule has 4 aliphatic rings. The van der Waals surface area contributed by atoms with E-state index in [0.29, 0.717) is 48.5 Å². The minimum absolute atomic E-state index is 0. The third-order valence-electron chi connectivity index (χ3n) is 9.97. The maximum atomic E-state index is 13.4. The number of nitrogens with zero attached hydrogens (tertiary/aromatic N) is 1. The number of carbonyl (C=O) groups is 2. The molecule has 10 heteroatoms. The highest BCUT2D eigenvalue weighted by atomic mass is 19.4. The zero-order valence-electron chi connectivity index (χ0n) is 28.1. The SMILES string of the molecule is Cc1ccc(Oc2ccc(C(=O)C3CCC(CN4C=C5C(OCC(F)(F)F)=C(C(=O)NCCOCC6CC6)C=CC5C4C)CC3)cc2)cc1.[HH]. The van der Waals surface area contributed by atoms with Crippen molar-refractivity contribution >= 4 is 11.7 Å². The molecule has 0 aromatic heterocycles. The van der Waals surface area contributed by atoms with Crippen molar-refractivity contribution in [2.24, 2.45) is 23.7 Å². The molecule has 1 aliphatic heterocycles. The first-order chi connectivity index (χ1) is 23.5. The lowest BCUT2D eigenvalue weighted by Crippen LogP contribution is -2.35. The number of halogens is 3. The second-order valence-electron chi connectivity index (χ2n) is 13.8. The summed E-state index contributed by atoms with van der Waals surface area (Å²) >= 11 is 0. The van der Waals surface area contributed by atoms with E-state index in [9.17, 15) is 22.8 Å². The van der Waals surface area contributed by atoms with Gasteiger partial charge in [-0.25, -0.2) is 0 Å². The van der Waals surface area contributed by atoms with Gasteiger partial charge in [0.25, 0.3) is 5.91 Å². The monoisotopic (exact) mass is 680 g/mol. The Kier molecular flexibility index (Phi) is 10.8. The van der Waals surface area contributed by atoms with Gasteiger partial charge in [-0.15, -0.1) is 0 Å². The van der Waals surface area contributed by atoms with Crippen LogP contribution < -0.4 is 10.1 Å². The molecule has 2 fully saturated rings. The van der Waals surface area contributed by atoms with E-state index in [1.165, 1.54) is 0 Å². The molecule has 2 saturated carbocycles. The first-order valence-electron chi connectivity index (χ1n) is 17.4. The Morgan fingerprint density at radius 3 is 2.24 bits per heavy atom. The molecule has 0 bridgehead atoms. The second kappa shape index (κ2) is 15.2. The number of amides is 1. The lowest BCUT2D eigenvalue weighted by molar-refractivity contribution is -0.164. The molecule has 264 valence electrons. The van der Waals surface area contributed by atoms with Crippen molar-refractivity contribution in [2.45, 2.75) is 64.6 Å². The number of nitrogens with one attached hydrogen (secondary N) is 1. The molecule has 2 aromatic rings. The number of Topliss-reactive ketones (excluding diaryl/α,β-unsaturated/α-hetero) is 1. The molecule has 0 saturated heterocycles. The van der Waals surface area contributed by atoms with Crippen LogP contribution in [-0.2, 0) is 14.3 Å². The van der Waals surface area contributed by atoms with Gasteiger partial charge in [0.2, 0.25) is 0 Å². The number of aryl methyl sites for hydroxylation is 1. The predicted molar refractivity (Wildman–Crippen MR) is 182 cm³/mol. The Hall–Kier alpha value is -4.05. The average Bonchev–Trinajstić information content (AvgIpc) is 3.86. The molecule has 49 heavy (non-hydrogen) atoms. The zero-order chi connectivity index (χ0) is 34.5. The van der Waals surface area contributed by atoms with Crippen LogP contribution in [0.2, 0.25) is 0 Å². The Labute approximate surface area is 287 Å². The number of ether oxygens (including phenoxy) is 3. The van der Waals surface area contributed by atoms with E-state index >= 15 is 0 Å². The van der Waals surface area contributed by atoms with Gasteiger partial charge >= 0.3 is 6.18 Å². The molecule has 1 N–H and O–H groups in total. The van der Waals surface area contributed by atoms with Crippen molar-refractivity contribution in [2.75, 3.05) is 32.9 Å². The van der Waals surface area contributed by atoms with Crippen LogP contribution in [0.15, 0.2) is 83.8 Å². The van der Waals surface area contributed by atoms with Crippen LogP contribution in [0.5, 0.6) is 11.5 Å². The number of alkyl halides is 3. The zero-order valence-corrected chi connectivity index (χ0v) is 28.1. The summed E-state index contributed by atoms with van der Waals surface area (Å²) in [7, 11) is 0. The van der Waals surface area contributed by atoms with Crippen molar-refractivity contribution in [1.29, 1.82) is 0 Å². The molecule has 7 nitrogen and oxygen atoms in total. The van der Waals surface area contributed by atoms with Crippen LogP contribution in [0, 0.1) is 30.6 Å². The first-order valence-corrected chi connectivity index (χ1v) is 17.4. The normalized spacial score (nSPS) is 23.6. The molecule has 3 aliphatic carbocycles. The summed E-state index contributed by atoms with van der Waals surface area (Å²) in [5.74, 6) is 1.76. The topological polar surface area (TPSA) is 77.1 Å². The van der Waals surface area contributed by atoms with Gasteiger partial charge in [0.15, 0.2) is 12.4 Å². The summed E-state index contributed by atoms with van der Waals surface area (Å²) in [6.45, 7) is 4.58. The minimum Gasteiger partial charge on any atom is -0.483 e. The second-order valence-corrected chi connectivity index (χ2v) is 13.8. The summed E-state index contributed by atoms with van der Waals surface area (Å²) in [4.78, 5) is 28.6. The van der Waals surface area contributed by atoms with Crippen molar-refractivity contribution in [3.8, 4) is 11.5 Å². The van der Waals surface area contributed by atoms with Crippen molar-refractivity contribution in [1.82, 2.24) is 10.2 Å². The summed E-state index contributed by atoms with van der Waals surface area (Å²) in [5.41, 5.74) is 2.52. The minimum atomic E-state index is -4.54. The quantitative estimate of drug-likeness (QED) is 0.160. The summed E-state index contributed by atoms with van der Waals surface area (Å²) in [5, 5.41) is 2.77. The maximum absolute atomic E-state index is 13.4. The van der Waals surface area contributed by atoms with Crippen molar-refractivity contribution in [3.05, 3.63) is 94.9 Å².